The van der Waals surface area contributed by atoms with Crippen LogP contribution in [-0.4, -0.2) is 54.1 Å². The van der Waals surface area contributed by atoms with Gasteiger partial charge in [0.1, 0.15) is 5.82 Å². The van der Waals surface area contributed by atoms with E-state index in [1.165, 1.54) is 12.1 Å². The van der Waals surface area contributed by atoms with Crippen LogP contribution in [0.1, 0.15) is 53.0 Å². The van der Waals surface area contributed by atoms with Gasteiger partial charge in [-0.05, 0) is 55.7 Å². The maximum Gasteiger partial charge on any atom is 0.409 e. The summed E-state index contributed by atoms with van der Waals surface area (Å²) in [4.78, 5) is 29.2. The van der Waals surface area contributed by atoms with E-state index >= 15 is 0 Å². The van der Waals surface area contributed by atoms with Gasteiger partial charge in [-0.1, -0.05) is 39.8 Å². The monoisotopic (exact) mass is 420 g/mol. The molecule has 2 amide bonds. The van der Waals surface area contributed by atoms with E-state index in [9.17, 15) is 14.0 Å². The summed E-state index contributed by atoms with van der Waals surface area (Å²) in [6, 6.07) is 6.59. The van der Waals surface area contributed by atoms with Gasteiger partial charge in [0.05, 0.1) is 6.61 Å². The molecular weight excluding hydrogens is 383 g/mol. The van der Waals surface area contributed by atoms with Crippen molar-refractivity contribution in [3.8, 4) is 0 Å². The number of benzene rings is 1. The Bertz CT molecular complexity index is 682. The zero-order valence-electron chi connectivity index (χ0n) is 19.1. The molecule has 5 nitrogen and oxygen atoms in total. The van der Waals surface area contributed by atoms with Gasteiger partial charge < -0.3 is 14.5 Å². The van der Waals surface area contributed by atoms with Crippen molar-refractivity contribution in [1.82, 2.24) is 9.80 Å². The molecule has 0 radical (unpaired) electrons. The van der Waals surface area contributed by atoms with Crippen LogP contribution in [0, 0.1) is 23.6 Å². The molecule has 0 aromatic heterocycles. The molecule has 1 aromatic rings. The van der Waals surface area contributed by atoms with Crippen molar-refractivity contribution in [2.75, 3.05) is 26.2 Å². The smallest absolute Gasteiger partial charge is 0.409 e. The molecule has 1 saturated heterocycles. The Kier molecular flexibility index (Phi) is 9.12. The summed E-state index contributed by atoms with van der Waals surface area (Å²) in [6.07, 6.45) is 1.75. The van der Waals surface area contributed by atoms with Crippen LogP contribution >= 0.6 is 0 Å². The maximum absolute atomic E-state index is 13.3. The largest absolute Gasteiger partial charge is 0.449 e. The first kappa shape index (κ1) is 24.2. The first-order chi connectivity index (χ1) is 14.2. The van der Waals surface area contributed by atoms with Gasteiger partial charge >= 0.3 is 6.09 Å². The average Bonchev–Trinajstić information content (AvgIpc) is 2.73. The lowest BCUT2D eigenvalue weighted by atomic mass is 9.90. The number of nitrogens with zero attached hydrogens (tertiary/aromatic N) is 2. The minimum atomic E-state index is -0.279. The Balaban J connectivity index is 1.98. The Morgan fingerprint density at radius 3 is 2.23 bits per heavy atom. The fourth-order valence-corrected chi connectivity index (χ4v) is 3.99. The van der Waals surface area contributed by atoms with Crippen molar-refractivity contribution >= 4 is 12.0 Å². The van der Waals surface area contributed by atoms with Gasteiger partial charge in [-0.25, -0.2) is 9.18 Å². The number of ether oxygens (including phenoxy) is 1. The lowest BCUT2D eigenvalue weighted by Gasteiger charge is -2.38. The normalized spacial score (nSPS) is 16.1. The lowest BCUT2D eigenvalue weighted by molar-refractivity contribution is -0.140. The summed E-state index contributed by atoms with van der Waals surface area (Å²) in [5.74, 6) is 0.425. The van der Waals surface area contributed by atoms with Crippen LogP contribution in [0.4, 0.5) is 9.18 Å². The number of carbonyl (C=O) groups excluding carboxylic acids is 2. The van der Waals surface area contributed by atoms with Gasteiger partial charge in [0.15, 0.2) is 0 Å². The van der Waals surface area contributed by atoms with Crippen molar-refractivity contribution in [1.29, 1.82) is 0 Å². The van der Waals surface area contributed by atoms with E-state index < -0.39 is 0 Å². The second kappa shape index (κ2) is 11.3. The van der Waals surface area contributed by atoms with Crippen molar-refractivity contribution < 1.29 is 18.7 Å². The molecule has 168 valence electrons. The third-order valence-electron chi connectivity index (χ3n) is 5.79. The maximum atomic E-state index is 13.3. The molecule has 2 rings (SSSR count). The summed E-state index contributed by atoms with van der Waals surface area (Å²) >= 11 is 0. The fourth-order valence-electron chi connectivity index (χ4n) is 3.99. The van der Waals surface area contributed by atoms with Crippen molar-refractivity contribution in [3.63, 3.8) is 0 Å². The van der Waals surface area contributed by atoms with Crippen LogP contribution in [0.2, 0.25) is 0 Å². The highest BCUT2D eigenvalue weighted by Crippen LogP contribution is 2.25. The number of halogens is 1. The number of hydrogen-bond donors (Lipinski definition) is 0. The predicted molar refractivity (Wildman–Crippen MR) is 117 cm³/mol. The Morgan fingerprint density at radius 2 is 1.73 bits per heavy atom. The molecular formula is C24H37FN2O3. The second-order valence-electron chi connectivity index (χ2n) is 9.00. The molecule has 0 bridgehead atoms. The van der Waals surface area contributed by atoms with Crippen molar-refractivity contribution in [3.05, 3.63) is 35.6 Å². The second-order valence-corrected chi connectivity index (χ2v) is 9.00. The summed E-state index contributed by atoms with van der Waals surface area (Å²) < 4.78 is 18.6. The predicted octanol–water partition coefficient (Wildman–Crippen LogP) is 4.75. The van der Waals surface area contributed by atoms with Crippen LogP contribution in [0.15, 0.2) is 24.3 Å². The number of likely N-dealkylation sites (tertiary alicyclic amines) is 1. The highest BCUT2D eigenvalue weighted by molar-refractivity contribution is 5.79. The van der Waals surface area contributed by atoms with E-state index in [1.807, 2.05) is 25.7 Å². The van der Waals surface area contributed by atoms with Crippen molar-refractivity contribution in [2.45, 2.75) is 59.9 Å². The number of piperidine rings is 1. The Labute approximate surface area is 180 Å². The average molecular weight is 421 g/mol. The van der Waals surface area contributed by atoms with E-state index in [0.717, 1.165) is 5.56 Å². The minimum absolute atomic E-state index is 0.0574. The van der Waals surface area contributed by atoms with Crippen molar-refractivity contribution in [2.24, 2.45) is 17.8 Å². The van der Waals surface area contributed by atoms with E-state index in [-0.39, 0.29) is 35.7 Å². The lowest BCUT2D eigenvalue weighted by Crippen LogP contribution is -2.50. The van der Waals surface area contributed by atoms with E-state index in [4.69, 9.17) is 4.74 Å². The number of likely N-dealkylation sites (N-methyl/N-ethyl adjacent to an activating group) is 1. The number of hydrogen-bond acceptors (Lipinski definition) is 3. The third-order valence-corrected chi connectivity index (χ3v) is 5.79. The molecule has 0 unspecified atom stereocenters. The van der Waals surface area contributed by atoms with E-state index in [2.05, 4.69) is 13.8 Å². The topological polar surface area (TPSA) is 49.9 Å². The van der Waals surface area contributed by atoms with Gasteiger partial charge in [-0.2, -0.15) is 0 Å². The first-order valence-electron chi connectivity index (χ1n) is 11.2. The quantitative estimate of drug-likeness (QED) is 0.610. The molecule has 6 heteroatoms. The summed E-state index contributed by atoms with van der Waals surface area (Å²) in [7, 11) is 0. The number of rotatable bonds is 8. The van der Waals surface area contributed by atoms with Gasteiger partial charge in [0.25, 0.3) is 0 Å². The number of amides is 2. The highest BCUT2D eigenvalue weighted by Gasteiger charge is 2.34. The van der Waals surface area contributed by atoms with Gasteiger partial charge in [0.2, 0.25) is 5.91 Å². The van der Waals surface area contributed by atoms with E-state index in [0.29, 0.717) is 51.4 Å². The van der Waals surface area contributed by atoms with Crippen LogP contribution < -0.4 is 0 Å². The molecule has 1 aliphatic heterocycles. The molecule has 0 saturated carbocycles. The molecule has 1 atom stereocenters. The highest BCUT2D eigenvalue weighted by atomic mass is 19.1. The summed E-state index contributed by atoms with van der Waals surface area (Å²) in [6.45, 7) is 12.4. The van der Waals surface area contributed by atoms with Gasteiger partial charge in [0, 0.05) is 31.6 Å². The van der Waals surface area contributed by atoms with Crippen LogP contribution in [-0.2, 0) is 16.0 Å². The first-order valence-corrected chi connectivity index (χ1v) is 11.2. The van der Waals surface area contributed by atoms with Crippen LogP contribution in [0.25, 0.3) is 0 Å². The Morgan fingerprint density at radius 1 is 1.13 bits per heavy atom. The molecule has 1 fully saturated rings. The molecule has 1 aromatic carbocycles. The molecule has 1 aliphatic rings. The van der Waals surface area contributed by atoms with Gasteiger partial charge in [-0.3, -0.25) is 4.79 Å². The number of carbonyl (C=O) groups is 2. The zero-order chi connectivity index (χ0) is 22.3. The van der Waals surface area contributed by atoms with E-state index in [1.54, 1.807) is 17.0 Å². The fraction of sp³-hybridized carbons (Fsp3) is 0.667. The SMILES string of the molecule is CCN(C(=O)C1CCN(C(=O)OCC(C)C)CC1)[C@H](Cc1ccc(F)cc1)C(C)C. The third kappa shape index (κ3) is 6.71. The standard InChI is InChI=1S/C24H37FN2O3/c1-6-27(22(18(4)5)15-19-7-9-21(25)10-8-19)23(28)20-11-13-26(14-12-20)24(29)30-16-17(2)3/h7-10,17-18,20,22H,6,11-16H2,1-5H3/t22-/m1/s1. The molecule has 1 heterocycles. The molecule has 0 N–H and O–H groups in total. The summed E-state index contributed by atoms with van der Waals surface area (Å²) in [5.41, 5.74) is 1.03. The molecule has 0 spiro atoms. The molecule has 30 heavy (non-hydrogen) atoms. The van der Waals surface area contributed by atoms with Gasteiger partial charge in [-0.15, -0.1) is 0 Å². The van der Waals surface area contributed by atoms with Crippen LogP contribution in [0.5, 0.6) is 0 Å². The summed E-state index contributed by atoms with van der Waals surface area (Å²) in [5, 5.41) is 0. The minimum Gasteiger partial charge on any atom is -0.449 e. The Hall–Kier alpha value is -2.11. The zero-order valence-corrected chi connectivity index (χ0v) is 19.1. The van der Waals surface area contributed by atoms with Crippen LogP contribution in [0.3, 0.4) is 0 Å². The molecule has 0 aliphatic carbocycles.